The van der Waals surface area contributed by atoms with Crippen molar-refractivity contribution in [1.29, 1.82) is 0 Å². The minimum atomic E-state index is -0.684. The van der Waals surface area contributed by atoms with Crippen LogP contribution < -0.4 is 5.73 Å². The van der Waals surface area contributed by atoms with Gasteiger partial charge >= 0.3 is 0 Å². The molecule has 3 N–H and O–H groups in total. The van der Waals surface area contributed by atoms with Crippen molar-refractivity contribution in [2.45, 2.75) is 32.7 Å². The maximum absolute atomic E-state index is 12.9. The van der Waals surface area contributed by atoms with Crippen LogP contribution in [0.5, 0.6) is 0 Å². The lowest BCUT2D eigenvalue weighted by atomic mass is 10.1. The van der Waals surface area contributed by atoms with Crippen LogP contribution in [0.1, 0.15) is 41.4 Å². The first kappa shape index (κ1) is 20.0. The molecule has 3 heterocycles. The third kappa shape index (κ3) is 5.01. The number of aromatic amines is 1. The van der Waals surface area contributed by atoms with Gasteiger partial charge in [-0.05, 0) is 55.9 Å². The van der Waals surface area contributed by atoms with E-state index in [4.69, 9.17) is 10.5 Å². The van der Waals surface area contributed by atoms with E-state index in [1.807, 2.05) is 11.3 Å². The van der Waals surface area contributed by atoms with Crippen LogP contribution in [-0.2, 0) is 17.7 Å². The maximum atomic E-state index is 12.9. The smallest absolute Gasteiger partial charge is 0.251 e. The highest BCUT2D eigenvalue weighted by molar-refractivity contribution is 7.12. The molecule has 2 aliphatic rings. The average Bonchev–Trinajstić information content (AvgIpc) is 3.24. The Kier molecular flexibility index (Phi) is 5.94. The molecule has 1 aliphatic heterocycles. The fourth-order valence-electron chi connectivity index (χ4n) is 3.49. The number of nitrogens with two attached hydrogens (primary N) is 1. The number of thiophene rings is 1. The molecule has 158 valence electrons. The largest absolute Gasteiger partial charge is 0.366 e. The number of aromatic nitrogens is 2. The van der Waals surface area contributed by atoms with Crippen LogP contribution in [0.15, 0.2) is 24.5 Å². The van der Waals surface area contributed by atoms with Crippen molar-refractivity contribution in [3.63, 3.8) is 0 Å². The third-order valence-corrected chi connectivity index (χ3v) is 6.30. The van der Waals surface area contributed by atoms with Crippen LogP contribution in [0.3, 0.4) is 0 Å². The van der Waals surface area contributed by atoms with Crippen LogP contribution in [-0.4, -0.2) is 40.7 Å². The van der Waals surface area contributed by atoms with Crippen LogP contribution in [0, 0.1) is 18.7 Å². The summed E-state index contributed by atoms with van der Waals surface area (Å²) >= 11 is 1.96. The molecule has 6 nitrogen and oxygen atoms in total. The second-order valence-electron chi connectivity index (χ2n) is 7.67. The van der Waals surface area contributed by atoms with E-state index in [0.29, 0.717) is 11.0 Å². The summed E-state index contributed by atoms with van der Waals surface area (Å²) in [6, 6.07) is 4.67. The number of rotatable bonds is 5. The molecule has 1 aliphatic carbocycles. The highest BCUT2D eigenvalue weighted by Gasteiger charge is 2.23. The van der Waals surface area contributed by atoms with E-state index >= 15 is 0 Å². The second-order valence-corrected chi connectivity index (χ2v) is 9.01. The number of hydrogen-bond donors (Lipinski definition) is 2. The number of nitrogens with one attached hydrogen (secondary N) is 1. The molecule has 0 spiro atoms. The fraction of sp³-hybridized carbons (Fsp3) is 0.429. The zero-order valence-corrected chi connectivity index (χ0v) is 17.2. The quantitative estimate of drug-likeness (QED) is 0.651. The van der Waals surface area contributed by atoms with Crippen LogP contribution in [0.2, 0.25) is 0 Å². The van der Waals surface area contributed by atoms with Gasteiger partial charge in [-0.3, -0.25) is 9.69 Å². The Hall–Kier alpha value is -2.29. The molecule has 3 aromatic rings. The molecule has 1 amide bonds. The summed E-state index contributed by atoms with van der Waals surface area (Å²) in [6.45, 7) is 6.26. The number of amides is 1. The minimum absolute atomic E-state index is 0. The van der Waals surface area contributed by atoms with Gasteiger partial charge < -0.3 is 15.5 Å². The number of carbonyl (C=O) groups excluding carboxylic acids is 1. The van der Waals surface area contributed by atoms with Gasteiger partial charge in [-0.1, -0.05) is 0 Å². The first-order valence-corrected chi connectivity index (χ1v) is 10.6. The summed E-state index contributed by atoms with van der Waals surface area (Å²) in [4.78, 5) is 22.9. The summed E-state index contributed by atoms with van der Waals surface area (Å²) in [5.41, 5.74) is 7.54. The SMILES string of the molecule is Cc1cc2c(s1)CCN(COCC1CC1)C2.NC(=O)c1cc(F)cc2[nH]cnc12.[HH].[HH]. The molecule has 0 saturated heterocycles. The Morgan fingerprint density at radius 2 is 2.28 bits per heavy atom. The topological polar surface area (TPSA) is 84.2 Å². The monoisotopic (exact) mass is 420 g/mol. The van der Waals surface area contributed by atoms with Crippen molar-refractivity contribution in [2.75, 3.05) is 19.9 Å². The van der Waals surface area contributed by atoms with Gasteiger partial charge in [0.2, 0.25) is 0 Å². The summed E-state index contributed by atoms with van der Waals surface area (Å²) in [6.07, 6.45) is 5.36. The van der Waals surface area contributed by atoms with E-state index in [0.717, 1.165) is 38.4 Å². The van der Waals surface area contributed by atoms with E-state index < -0.39 is 11.7 Å². The first-order chi connectivity index (χ1) is 14.0. The van der Waals surface area contributed by atoms with Crippen molar-refractivity contribution in [1.82, 2.24) is 14.9 Å². The molecule has 29 heavy (non-hydrogen) atoms. The summed E-state index contributed by atoms with van der Waals surface area (Å²) in [5, 5.41) is 0. The van der Waals surface area contributed by atoms with E-state index in [1.165, 1.54) is 42.1 Å². The Balaban J connectivity index is 0.000000211. The molecule has 0 atom stereocenters. The van der Waals surface area contributed by atoms with Crippen LogP contribution in [0.4, 0.5) is 4.39 Å². The molecule has 1 saturated carbocycles. The predicted molar refractivity (Wildman–Crippen MR) is 116 cm³/mol. The van der Waals surface area contributed by atoms with Crippen molar-refractivity contribution < 1.29 is 16.8 Å². The van der Waals surface area contributed by atoms with Crippen molar-refractivity contribution >= 4 is 28.3 Å². The first-order valence-electron chi connectivity index (χ1n) is 9.80. The van der Waals surface area contributed by atoms with E-state index in [1.54, 1.807) is 4.88 Å². The molecule has 1 fully saturated rings. The van der Waals surface area contributed by atoms with E-state index in [2.05, 4.69) is 27.9 Å². The number of H-pyrrole nitrogens is 1. The number of hydrogen-bond acceptors (Lipinski definition) is 5. The van der Waals surface area contributed by atoms with Gasteiger partial charge in [0.1, 0.15) is 11.3 Å². The predicted octanol–water partition coefficient (Wildman–Crippen LogP) is 4.09. The lowest BCUT2D eigenvalue weighted by molar-refractivity contribution is 0.0165. The number of aryl methyl sites for hydroxylation is 1. The molecule has 0 radical (unpaired) electrons. The standard InChI is InChI=1S/C13H19NOS.C8H6FN3O.2H2/c1-10-6-12-7-14(5-4-13(12)16-10)9-15-8-11-2-3-11;9-4-1-5(8(10)13)7-6(2-4)11-3-12-7;;/h6,11H,2-5,7-9H2,1H3;1-3H,(H2,10,13)(H,11,12);2*1H. The summed E-state index contributed by atoms with van der Waals surface area (Å²) in [7, 11) is 0. The number of nitrogens with zero attached hydrogens (tertiary/aromatic N) is 2. The Morgan fingerprint density at radius 3 is 3.03 bits per heavy atom. The number of ether oxygens (including phenoxy) is 1. The lowest BCUT2D eigenvalue weighted by Crippen LogP contribution is -2.32. The Morgan fingerprint density at radius 1 is 1.45 bits per heavy atom. The molecule has 5 rings (SSSR count). The normalized spacial score (nSPS) is 16.3. The summed E-state index contributed by atoms with van der Waals surface area (Å²) in [5.74, 6) is -0.314. The number of benzene rings is 1. The van der Waals surface area contributed by atoms with Gasteiger partial charge in [0.05, 0.1) is 30.7 Å². The van der Waals surface area contributed by atoms with Crippen molar-refractivity contribution in [2.24, 2.45) is 11.7 Å². The zero-order valence-electron chi connectivity index (χ0n) is 16.4. The molecular weight excluding hydrogens is 391 g/mol. The number of primary amides is 1. The molecule has 8 heteroatoms. The van der Waals surface area contributed by atoms with Gasteiger partial charge in [0.15, 0.2) is 0 Å². The Labute approximate surface area is 175 Å². The second kappa shape index (κ2) is 8.61. The molecule has 0 bridgehead atoms. The number of imidazole rings is 1. The minimum Gasteiger partial charge on any atom is -0.366 e. The average molecular weight is 421 g/mol. The van der Waals surface area contributed by atoms with Gasteiger partial charge in [-0.25, -0.2) is 9.37 Å². The highest BCUT2D eigenvalue weighted by Crippen LogP contribution is 2.30. The van der Waals surface area contributed by atoms with Gasteiger partial charge in [-0.15, -0.1) is 11.3 Å². The summed E-state index contributed by atoms with van der Waals surface area (Å²) < 4.78 is 18.6. The molecule has 1 aromatic carbocycles. The van der Waals surface area contributed by atoms with Gasteiger partial charge in [-0.2, -0.15) is 0 Å². The number of carbonyl (C=O) groups is 1. The van der Waals surface area contributed by atoms with E-state index in [-0.39, 0.29) is 8.42 Å². The van der Waals surface area contributed by atoms with Crippen LogP contribution >= 0.6 is 11.3 Å². The molecule has 0 unspecified atom stereocenters. The van der Waals surface area contributed by atoms with E-state index in [9.17, 15) is 9.18 Å². The molecular formula is C21H29FN4O2S. The maximum Gasteiger partial charge on any atom is 0.251 e. The molecule has 2 aromatic heterocycles. The lowest BCUT2D eigenvalue weighted by Gasteiger charge is -2.26. The Bertz CT molecular complexity index is 1020. The van der Waals surface area contributed by atoms with Gasteiger partial charge in [0.25, 0.3) is 5.91 Å². The fourth-order valence-corrected chi connectivity index (χ4v) is 4.52. The highest BCUT2D eigenvalue weighted by atomic mass is 32.1. The third-order valence-electron chi connectivity index (χ3n) is 5.15. The van der Waals surface area contributed by atoms with Crippen molar-refractivity contribution in [3.8, 4) is 0 Å². The number of fused-ring (bicyclic) bond motifs is 2. The number of halogens is 1. The van der Waals surface area contributed by atoms with Gasteiger partial charge in [0, 0.05) is 25.7 Å². The zero-order chi connectivity index (χ0) is 20.4. The van der Waals surface area contributed by atoms with Crippen molar-refractivity contribution in [3.05, 3.63) is 51.2 Å². The van der Waals surface area contributed by atoms with Crippen LogP contribution in [0.25, 0.3) is 11.0 Å².